The van der Waals surface area contributed by atoms with Crippen LogP contribution < -0.4 is 0 Å². The van der Waals surface area contributed by atoms with Crippen LogP contribution in [0.4, 0.5) is 13.2 Å². The smallest absolute Gasteiger partial charge is 0.261 e. The molecule has 0 saturated carbocycles. The third-order valence-corrected chi connectivity index (χ3v) is 2.36. The van der Waals surface area contributed by atoms with Crippen molar-refractivity contribution in [3.05, 3.63) is 24.3 Å². The van der Waals surface area contributed by atoms with Crippen molar-refractivity contribution in [1.29, 1.82) is 10.5 Å². The quantitative estimate of drug-likeness (QED) is 0.826. The molecular formula is C11H9F3N4. The Bertz CT molecular complexity index is 456. The zero-order valence-corrected chi connectivity index (χ0v) is 9.28. The number of rotatable bonds is 4. The molecule has 94 valence electrons. The molecule has 0 atom stereocenters. The highest BCUT2D eigenvalue weighted by molar-refractivity contribution is 5.18. The van der Waals surface area contributed by atoms with E-state index in [1.54, 1.807) is 12.1 Å². The predicted molar refractivity (Wildman–Crippen MR) is 54.7 cm³/mol. The lowest BCUT2D eigenvalue weighted by atomic mass is 9.82. The Balaban J connectivity index is 2.83. The third-order valence-electron chi connectivity index (χ3n) is 2.36. The summed E-state index contributed by atoms with van der Waals surface area (Å²) in [5, 5.41) is 17.9. The van der Waals surface area contributed by atoms with Gasteiger partial charge in [-0.1, -0.05) is 0 Å². The van der Waals surface area contributed by atoms with Gasteiger partial charge in [0.05, 0.1) is 17.8 Å². The fourth-order valence-electron chi connectivity index (χ4n) is 1.39. The first-order valence-electron chi connectivity index (χ1n) is 5.05. The number of halogens is 3. The largest absolute Gasteiger partial charge is 0.389 e. The van der Waals surface area contributed by atoms with E-state index >= 15 is 0 Å². The van der Waals surface area contributed by atoms with E-state index in [-0.39, 0.29) is 6.42 Å². The summed E-state index contributed by atoms with van der Waals surface area (Å²) in [6.07, 6.45) is -2.20. The van der Waals surface area contributed by atoms with Crippen molar-refractivity contribution in [2.75, 3.05) is 0 Å². The van der Waals surface area contributed by atoms with Crippen molar-refractivity contribution < 1.29 is 13.2 Å². The van der Waals surface area contributed by atoms with Crippen LogP contribution in [0.3, 0.4) is 0 Å². The van der Waals surface area contributed by atoms with Crippen LogP contribution in [0.5, 0.6) is 0 Å². The summed E-state index contributed by atoms with van der Waals surface area (Å²) >= 11 is 0. The van der Waals surface area contributed by atoms with Crippen LogP contribution >= 0.6 is 0 Å². The van der Waals surface area contributed by atoms with Gasteiger partial charge in [-0.05, 0) is 6.42 Å². The number of nitrogens with zero attached hydrogens (tertiary/aromatic N) is 4. The Morgan fingerprint density at radius 1 is 1.11 bits per heavy atom. The summed E-state index contributed by atoms with van der Waals surface area (Å²) in [5.41, 5.74) is -1.39. The van der Waals surface area contributed by atoms with Gasteiger partial charge < -0.3 is 0 Å². The van der Waals surface area contributed by atoms with Gasteiger partial charge in [-0.25, -0.2) is 0 Å². The molecule has 4 nitrogen and oxygen atoms in total. The SMILES string of the molecule is N#CC(C#N)(CCC(F)(F)F)Cc1cnccn1. The maximum absolute atomic E-state index is 12.2. The van der Waals surface area contributed by atoms with Crippen LogP contribution in [0, 0.1) is 28.1 Å². The summed E-state index contributed by atoms with van der Waals surface area (Å²) in [6.45, 7) is 0. The lowest BCUT2D eigenvalue weighted by molar-refractivity contribution is -0.138. The molecule has 0 aromatic carbocycles. The highest BCUT2D eigenvalue weighted by Crippen LogP contribution is 2.32. The first-order valence-corrected chi connectivity index (χ1v) is 5.05. The van der Waals surface area contributed by atoms with Crippen LogP contribution in [0.1, 0.15) is 18.5 Å². The lowest BCUT2D eigenvalue weighted by Gasteiger charge is -2.18. The molecule has 0 N–H and O–H groups in total. The van der Waals surface area contributed by atoms with Crippen molar-refractivity contribution in [2.45, 2.75) is 25.4 Å². The fourth-order valence-corrected chi connectivity index (χ4v) is 1.39. The summed E-state index contributed by atoms with van der Waals surface area (Å²) in [6, 6.07) is 3.31. The summed E-state index contributed by atoms with van der Waals surface area (Å²) in [4.78, 5) is 7.60. The molecule has 0 radical (unpaired) electrons. The Kier molecular flexibility index (Phi) is 4.22. The number of alkyl halides is 3. The van der Waals surface area contributed by atoms with Gasteiger partial charge in [-0.15, -0.1) is 0 Å². The molecule has 0 spiro atoms. The molecule has 0 aliphatic heterocycles. The molecule has 1 aromatic rings. The van der Waals surface area contributed by atoms with E-state index in [2.05, 4.69) is 9.97 Å². The number of hydrogen-bond acceptors (Lipinski definition) is 4. The molecule has 1 aromatic heterocycles. The number of nitriles is 2. The van der Waals surface area contributed by atoms with Crippen LogP contribution in [0.2, 0.25) is 0 Å². The molecule has 0 fully saturated rings. The summed E-state index contributed by atoms with van der Waals surface area (Å²) in [5.74, 6) is 0. The minimum Gasteiger partial charge on any atom is -0.261 e. The van der Waals surface area contributed by atoms with Crippen LogP contribution in [0.25, 0.3) is 0 Å². The van der Waals surface area contributed by atoms with E-state index in [9.17, 15) is 13.2 Å². The molecule has 0 unspecified atom stereocenters. The third kappa shape index (κ3) is 4.02. The average molecular weight is 254 g/mol. The maximum atomic E-state index is 12.2. The molecule has 0 amide bonds. The zero-order valence-electron chi connectivity index (χ0n) is 9.28. The van der Waals surface area contributed by atoms with Crippen molar-refractivity contribution in [1.82, 2.24) is 9.97 Å². The molecule has 0 bridgehead atoms. The van der Waals surface area contributed by atoms with Gasteiger partial charge in [0.2, 0.25) is 0 Å². The normalized spacial score (nSPS) is 11.6. The maximum Gasteiger partial charge on any atom is 0.389 e. The van der Waals surface area contributed by atoms with Gasteiger partial charge in [-0.2, -0.15) is 23.7 Å². The van der Waals surface area contributed by atoms with Crippen molar-refractivity contribution in [3.63, 3.8) is 0 Å². The highest BCUT2D eigenvalue weighted by atomic mass is 19.4. The minimum atomic E-state index is -4.39. The second-order valence-corrected chi connectivity index (χ2v) is 3.79. The average Bonchev–Trinajstić information content (AvgIpc) is 2.35. The Hall–Kier alpha value is -2.15. The van der Waals surface area contributed by atoms with E-state index < -0.39 is 24.4 Å². The molecule has 1 rings (SSSR count). The monoisotopic (exact) mass is 254 g/mol. The second-order valence-electron chi connectivity index (χ2n) is 3.79. The predicted octanol–water partition coefficient (Wildman–Crippen LogP) is 2.40. The molecule has 0 aliphatic carbocycles. The van der Waals surface area contributed by atoms with E-state index in [0.717, 1.165) is 0 Å². The molecule has 1 heterocycles. The van der Waals surface area contributed by atoms with Gasteiger partial charge in [0.1, 0.15) is 5.41 Å². The number of aromatic nitrogens is 2. The van der Waals surface area contributed by atoms with Gasteiger partial charge in [0.15, 0.2) is 0 Å². The van der Waals surface area contributed by atoms with Gasteiger partial charge in [0, 0.05) is 31.4 Å². The fraction of sp³-hybridized carbons (Fsp3) is 0.455. The number of hydrogen-bond donors (Lipinski definition) is 0. The van der Waals surface area contributed by atoms with E-state index in [1.165, 1.54) is 18.6 Å². The van der Waals surface area contributed by atoms with Crippen molar-refractivity contribution >= 4 is 0 Å². The van der Waals surface area contributed by atoms with Crippen LogP contribution in [0.15, 0.2) is 18.6 Å². The van der Waals surface area contributed by atoms with Gasteiger partial charge in [-0.3, -0.25) is 9.97 Å². The van der Waals surface area contributed by atoms with E-state index in [1.807, 2.05) is 0 Å². The van der Waals surface area contributed by atoms with Gasteiger partial charge >= 0.3 is 6.18 Å². The lowest BCUT2D eigenvalue weighted by Crippen LogP contribution is -2.23. The van der Waals surface area contributed by atoms with Crippen LogP contribution in [-0.2, 0) is 6.42 Å². The van der Waals surface area contributed by atoms with E-state index in [0.29, 0.717) is 5.69 Å². The molecule has 18 heavy (non-hydrogen) atoms. The first-order chi connectivity index (χ1) is 8.41. The Labute approximate surface area is 102 Å². The standard InChI is InChI=1S/C11H9F3N4/c12-11(13,14)2-1-10(7-15,8-16)5-9-6-17-3-4-18-9/h3-4,6H,1-2,5H2. The first kappa shape index (κ1) is 13.9. The Morgan fingerprint density at radius 3 is 2.22 bits per heavy atom. The zero-order chi connectivity index (χ0) is 13.6. The summed E-state index contributed by atoms with van der Waals surface area (Å²) in [7, 11) is 0. The molecule has 0 aliphatic rings. The molecular weight excluding hydrogens is 245 g/mol. The minimum absolute atomic E-state index is 0.163. The van der Waals surface area contributed by atoms with Crippen molar-refractivity contribution in [2.24, 2.45) is 5.41 Å². The highest BCUT2D eigenvalue weighted by Gasteiger charge is 2.37. The molecule has 7 heteroatoms. The van der Waals surface area contributed by atoms with Crippen LogP contribution in [-0.4, -0.2) is 16.1 Å². The summed E-state index contributed by atoms with van der Waals surface area (Å²) < 4.78 is 36.5. The second kappa shape index (κ2) is 5.46. The molecule has 0 saturated heterocycles. The van der Waals surface area contributed by atoms with Gasteiger partial charge in [0.25, 0.3) is 0 Å². The van der Waals surface area contributed by atoms with Crippen molar-refractivity contribution in [3.8, 4) is 12.1 Å². The van der Waals surface area contributed by atoms with E-state index in [4.69, 9.17) is 10.5 Å². The topological polar surface area (TPSA) is 73.4 Å². The Morgan fingerprint density at radius 2 is 1.78 bits per heavy atom.